The van der Waals surface area contributed by atoms with Gasteiger partial charge in [0, 0.05) is 27.7 Å². The maximum absolute atomic E-state index is 12.8. The lowest BCUT2D eigenvalue weighted by molar-refractivity contribution is -0.396. The Bertz CT molecular complexity index is 2310. The Kier molecular flexibility index (Phi) is 26.6. The highest BCUT2D eigenvalue weighted by Gasteiger charge is 2.59. The summed E-state index contributed by atoms with van der Waals surface area (Å²) in [5, 5.41) is 218. The van der Waals surface area contributed by atoms with Crippen LogP contribution >= 0.6 is 0 Å². The maximum Gasteiger partial charge on any atom is 0.217 e. The number of aliphatic hydroxyl groups excluding tert-OH is 19. The second-order valence-electron chi connectivity index (χ2n) is 22.5. The second-order valence-corrected chi connectivity index (χ2v) is 22.5. The first-order valence-electron chi connectivity index (χ1n) is 28.6. The fourth-order valence-corrected chi connectivity index (χ4v) is 11.5. The largest absolute Gasteiger partial charge is 0.394 e. The second kappa shape index (κ2) is 32.4. The zero-order valence-electron chi connectivity index (χ0n) is 48.6. The fourth-order valence-electron chi connectivity index (χ4n) is 11.5. The van der Waals surface area contributed by atoms with Crippen molar-refractivity contribution in [3.05, 3.63) is 0 Å². The molecule has 0 aromatic carbocycles. The number of hydrogen-bond donors (Lipinski definition) is 23. The summed E-state index contributed by atoms with van der Waals surface area (Å²) in [4.78, 5) is 49.8. The van der Waals surface area contributed by atoms with Gasteiger partial charge in [-0.1, -0.05) is 0 Å². The quantitative estimate of drug-likeness (QED) is 0.0452. The molecule has 35 atom stereocenters. The van der Waals surface area contributed by atoms with Gasteiger partial charge in [0.15, 0.2) is 44.0 Å². The Morgan fingerprint density at radius 2 is 0.611 bits per heavy atom. The highest BCUT2D eigenvalue weighted by molar-refractivity contribution is 5.74. The maximum atomic E-state index is 12.8. The van der Waals surface area contributed by atoms with Crippen LogP contribution in [0.15, 0.2) is 0 Å². The van der Waals surface area contributed by atoms with E-state index in [1.807, 2.05) is 0 Å². The monoisotopic (exact) mass is 1320 g/mol. The number of nitrogens with one attached hydrogen (secondary N) is 4. The molecule has 0 radical (unpaired) electrons. The first kappa shape index (κ1) is 74.0. The fraction of sp³-hybridized carbons (Fsp3) is 0.920. The van der Waals surface area contributed by atoms with Gasteiger partial charge in [-0.3, -0.25) is 19.2 Å². The van der Waals surface area contributed by atoms with Crippen molar-refractivity contribution in [2.24, 2.45) is 0 Å². The first-order valence-corrected chi connectivity index (χ1v) is 28.6. The minimum absolute atomic E-state index is 0.744. The summed E-state index contributed by atoms with van der Waals surface area (Å²) in [5.74, 6) is -3.29. The summed E-state index contributed by atoms with van der Waals surface area (Å²) in [5.41, 5.74) is 0. The van der Waals surface area contributed by atoms with E-state index in [4.69, 9.17) is 61.6 Å². The molecule has 7 aliphatic heterocycles. The molecule has 0 unspecified atom stereocenters. The highest BCUT2D eigenvalue weighted by Crippen LogP contribution is 2.38. The van der Waals surface area contributed by atoms with E-state index in [0.29, 0.717) is 0 Å². The number of aliphatic hydroxyl groups is 19. The average molecular weight is 1320 g/mol. The third-order valence-corrected chi connectivity index (χ3v) is 16.1. The third kappa shape index (κ3) is 16.4. The lowest BCUT2D eigenvalue weighted by Crippen LogP contribution is -2.71. The zero-order valence-corrected chi connectivity index (χ0v) is 48.6. The number of carbonyl (C=O) groups is 4. The zero-order chi connectivity index (χ0) is 66.5. The molecule has 40 heteroatoms. The molecular formula is C50H84N4O36. The molecule has 0 aromatic rings. The molecule has 7 aliphatic rings. The molecule has 520 valence electrons. The molecule has 40 nitrogen and oxygen atoms in total. The molecule has 90 heavy (non-hydrogen) atoms. The van der Waals surface area contributed by atoms with E-state index in [-0.39, 0.29) is 0 Å². The predicted octanol–water partition coefficient (Wildman–Crippen LogP) is -15.7. The van der Waals surface area contributed by atoms with Crippen LogP contribution in [0.1, 0.15) is 27.7 Å². The van der Waals surface area contributed by atoms with Crippen molar-refractivity contribution in [2.75, 3.05) is 46.2 Å². The van der Waals surface area contributed by atoms with Crippen LogP contribution in [0.4, 0.5) is 0 Å². The third-order valence-electron chi connectivity index (χ3n) is 16.1. The van der Waals surface area contributed by atoms with Gasteiger partial charge >= 0.3 is 0 Å². The van der Waals surface area contributed by atoms with E-state index in [2.05, 4.69) is 21.3 Å². The normalized spacial score (nSPS) is 47.6. The van der Waals surface area contributed by atoms with Crippen molar-refractivity contribution in [3.8, 4) is 0 Å². The van der Waals surface area contributed by atoms with Gasteiger partial charge in [-0.2, -0.15) is 0 Å². The Balaban J connectivity index is 1.20. The van der Waals surface area contributed by atoms with Crippen LogP contribution in [0.2, 0.25) is 0 Å². The van der Waals surface area contributed by atoms with E-state index in [9.17, 15) is 116 Å². The average Bonchev–Trinajstić information content (AvgIpc) is 0.815. The van der Waals surface area contributed by atoms with E-state index < -0.39 is 285 Å². The van der Waals surface area contributed by atoms with Crippen molar-refractivity contribution in [1.82, 2.24) is 21.3 Å². The number of rotatable bonds is 23. The van der Waals surface area contributed by atoms with Crippen LogP contribution < -0.4 is 21.3 Å². The summed E-state index contributed by atoms with van der Waals surface area (Å²) in [6, 6.07) is -6.88. The molecule has 0 saturated carbocycles. The summed E-state index contributed by atoms with van der Waals surface area (Å²) in [6.45, 7) is -3.00. The van der Waals surface area contributed by atoms with Crippen molar-refractivity contribution >= 4 is 23.6 Å². The lowest BCUT2D eigenvalue weighted by atomic mass is 9.93. The standard InChI is InChI=1S/C50H84N4O36/c1-12(61)51-23-32(70)39(19(8-58)79-44(23)77)86-46-25(53-14(3)63)34(72)41(21(10-60)83-46)88-49-38(76)42(30(68)22(85-49)11-78-48-37(75)35(73)28(66)17(6-56)81-48)89-50-43(36(74)29(67)18(7-57)82-50)90-47-26(54-15(4)64)33(71)40(20(9-59)84-47)87-45-24(52-13(2)62)31(69)27(65)16(5-55)80-45/h16-50,55-60,65-77H,5-11H2,1-4H3,(H,51,61)(H,52,62)(H,53,63)(H,54,64)/t16-,17-,18-,19-,20-,21-,22-,23-,24-,25-,26-,27+,28-,29-,30-,31-,32-,33-,34-,35+,36+,37+,38+,39-,40-,41-,42+,43+,44+,45+,46+,47+,48+,49+,50-/m1/s1. The van der Waals surface area contributed by atoms with Crippen LogP contribution in [0, 0.1) is 0 Å². The summed E-state index contributed by atoms with van der Waals surface area (Å²) in [6.07, 6.45) is -61.2. The molecule has 23 N–H and O–H groups in total. The highest BCUT2D eigenvalue weighted by atomic mass is 16.8. The first-order chi connectivity index (χ1) is 42.5. The topological polar surface area (TPSA) is 621 Å². The van der Waals surface area contributed by atoms with Gasteiger partial charge in [0.25, 0.3) is 0 Å². The number of amides is 4. The molecule has 7 rings (SSSR count). The van der Waals surface area contributed by atoms with Crippen LogP contribution in [-0.2, 0) is 80.8 Å². The van der Waals surface area contributed by atoms with E-state index in [1.54, 1.807) is 0 Å². The Morgan fingerprint density at radius 1 is 0.289 bits per heavy atom. The van der Waals surface area contributed by atoms with Gasteiger partial charge in [-0.25, -0.2) is 0 Å². The molecule has 0 bridgehead atoms. The molecular weight excluding hydrogens is 1230 g/mol. The van der Waals surface area contributed by atoms with Crippen molar-refractivity contribution in [2.45, 2.75) is 242 Å². The SMILES string of the molecule is CC(=O)N[C@@H]1[C@@H](O)[C@H](O[C@@H]2O[C@H](CO)[C@@H](O[C@@H]3O[C@H](CO[C@H]4O[C@H](CO)[C@@H](O)[C@H](O)[C@@H]4O)[C@@H](O)[C@H](O[C@H]4O[C@H](CO)[C@@H](O)[C@H](O)[C@@H]4O[C@@H]4O[C@H](CO)[C@@H](O[C@@H]5O[C@H](CO)[C@H](O)[C@H](O)[C@H]5NC(C)=O)[C@H](O)[C@H]4NC(C)=O)[C@@H]3O)[C@H](O)[C@H]2NC(C)=O)[C@@H](CO)O[C@@H]1O. The van der Waals surface area contributed by atoms with Crippen LogP contribution in [-0.4, -0.2) is 382 Å². The van der Waals surface area contributed by atoms with Gasteiger partial charge in [0.1, 0.15) is 171 Å². The lowest BCUT2D eigenvalue weighted by Gasteiger charge is -2.51. The molecule has 0 aliphatic carbocycles. The summed E-state index contributed by atoms with van der Waals surface area (Å²) < 4.78 is 76.3. The predicted molar refractivity (Wildman–Crippen MR) is 278 cm³/mol. The molecule has 0 spiro atoms. The van der Waals surface area contributed by atoms with Gasteiger partial charge in [0.05, 0.1) is 46.2 Å². The van der Waals surface area contributed by atoms with E-state index in [0.717, 1.165) is 27.7 Å². The van der Waals surface area contributed by atoms with Crippen LogP contribution in [0.3, 0.4) is 0 Å². The molecule has 7 saturated heterocycles. The van der Waals surface area contributed by atoms with Crippen LogP contribution in [0.5, 0.6) is 0 Å². The van der Waals surface area contributed by atoms with Crippen molar-refractivity contribution in [3.63, 3.8) is 0 Å². The Labute approximate surface area is 510 Å². The molecule has 7 heterocycles. The minimum Gasteiger partial charge on any atom is -0.394 e. The minimum atomic E-state index is -2.43. The Morgan fingerprint density at radius 3 is 1.06 bits per heavy atom. The smallest absolute Gasteiger partial charge is 0.217 e. The van der Waals surface area contributed by atoms with Crippen LogP contribution in [0.25, 0.3) is 0 Å². The van der Waals surface area contributed by atoms with Crippen molar-refractivity contribution < 1.29 is 178 Å². The summed E-state index contributed by atoms with van der Waals surface area (Å²) >= 11 is 0. The number of carbonyl (C=O) groups excluding carboxylic acids is 4. The molecule has 7 fully saturated rings. The molecule has 0 aromatic heterocycles. The van der Waals surface area contributed by atoms with Gasteiger partial charge in [-0.05, 0) is 0 Å². The number of ether oxygens (including phenoxy) is 13. The summed E-state index contributed by atoms with van der Waals surface area (Å²) in [7, 11) is 0. The van der Waals surface area contributed by atoms with Gasteiger partial charge in [0.2, 0.25) is 23.6 Å². The van der Waals surface area contributed by atoms with E-state index in [1.165, 1.54) is 0 Å². The van der Waals surface area contributed by atoms with E-state index >= 15 is 0 Å². The molecule has 4 amide bonds. The van der Waals surface area contributed by atoms with Gasteiger partial charge < -0.3 is 180 Å². The number of hydrogen-bond acceptors (Lipinski definition) is 36. The Hall–Kier alpha value is -3.40. The van der Waals surface area contributed by atoms with Gasteiger partial charge in [-0.15, -0.1) is 0 Å². The van der Waals surface area contributed by atoms with Crippen molar-refractivity contribution in [1.29, 1.82) is 0 Å².